The summed E-state index contributed by atoms with van der Waals surface area (Å²) in [6.07, 6.45) is 1.09. The normalized spacial score (nSPS) is 15.1. The molecule has 0 bridgehead atoms. The zero-order chi connectivity index (χ0) is 14.2. The number of hydrogen-bond acceptors (Lipinski definition) is 3. The summed E-state index contributed by atoms with van der Waals surface area (Å²) < 4.78 is 0. The largest absolute Gasteiger partial charge is 0.394 e. The molecule has 0 saturated carbocycles. The van der Waals surface area contributed by atoms with E-state index in [1.165, 1.54) is 4.90 Å². The van der Waals surface area contributed by atoms with Gasteiger partial charge in [-0.25, -0.2) is 0 Å². The van der Waals surface area contributed by atoms with E-state index in [2.05, 4.69) is 0 Å². The van der Waals surface area contributed by atoms with Gasteiger partial charge in [0.2, 0.25) is 0 Å². The Hall–Kier alpha value is -1.68. The lowest BCUT2D eigenvalue weighted by molar-refractivity contribution is 0.0220. The maximum Gasteiger partial charge on any atom is 0.262 e. The first-order valence-corrected chi connectivity index (χ1v) is 6.61. The smallest absolute Gasteiger partial charge is 0.262 e. The minimum atomic E-state index is -0.791. The predicted octanol–water partition coefficient (Wildman–Crippen LogP) is 2.14. The van der Waals surface area contributed by atoms with Crippen LogP contribution in [0.25, 0.3) is 0 Å². The van der Waals surface area contributed by atoms with Crippen LogP contribution in [0.1, 0.15) is 53.0 Å². The van der Waals surface area contributed by atoms with E-state index in [-0.39, 0.29) is 18.4 Å². The molecule has 2 amide bonds. The van der Waals surface area contributed by atoms with E-state index in [1.807, 2.05) is 26.8 Å². The summed E-state index contributed by atoms with van der Waals surface area (Å²) in [7, 11) is 0. The summed E-state index contributed by atoms with van der Waals surface area (Å²) in [6, 6.07) is 5.26. The quantitative estimate of drug-likeness (QED) is 0.845. The number of carbonyl (C=O) groups is 2. The highest BCUT2D eigenvalue weighted by atomic mass is 16.3. The van der Waals surface area contributed by atoms with Crippen LogP contribution in [0.5, 0.6) is 0 Å². The molecule has 0 fully saturated rings. The van der Waals surface area contributed by atoms with E-state index < -0.39 is 5.54 Å². The number of imide groups is 1. The summed E-state index contributed by atoms with van der Waals surface area (Å²) in [5.74, 6) is -0.584. The molecule has 1 aliphatic rings. The number of aryl methyl sites for hydroxylation is 1. The number of hydrogen-bond donors (Lipinski definition) is 1. The van der Waals surface area contributed by atoms with Crippen LogP contribution in [-0.4, -0.2) is 34.0 Å². The van der Waals surface area contributed by atoms with Crippen LogP contribution < -0.4 is 0 Å². The molecule has 0 aliphatic carbocycles. The first-order chi connectivity index (χ1) is 9.00. The maximum absolute atomic E-state index is 12.5. The van der Waals surface area contributed by atoms with E-state index in [0.29, 0.717) is 24.0 Å². The standard InChI is InChI=1S/C15H19NO3/c1-4-15(5-2,9-17)16-13(18)11-7-6-10(3)8-12(11)14(16)19/h6-8,17H,4-5,9H2,1-3H3. The SMILES string of the molecule is CCC(CC)(CO)N1C(=O)c2ccc(C)cc2C1=O. The monoisotopic (exact) mass is 261 g/mol. The Morgan fingerprint density at radius 1 is 1.11 bits per heavy atom. The van der Waals surface area contributed by atoms with Gasteiger partial charge in [0, 0.05) is 0 Å². The fourth-order valence-electron chi connectivity index (χ4n) is 2.65. The second-order valence-corrected chi connectivity index (χ2v) is 5.08. The third-order valence-corrected chi connectivity index (χ3v) is 4.13. The Labute approximate surface area is 113 Å². The van der Waals surface area contributed by atoms with Crippen LogP contribution in [-0.2, 0) is 0 Å². The highest BCUT2D eigenvalue weighted by molar-refractivity contribution is 6.22. The van der Waals surface area contributed by atoms with Gasteiger partial charge in [0.25, 0.3) is 11.8 Å². The van der Waals surface area contributed by atoms with Crippen molar-refractivity contribution < 1.29 is 14.7 Å². The lowest BCUT2D eigenvalue weighted by Gasteiger charge is -2.37. The van der Waals surface area contributed by atoms with Gasteiger partial charge < -0.3 is 5.11 Å². The number of aliphatic hydroxyl groups is 1. The average Bonchev–Trinajstić information content (AvgIpc) is 2.66. The Morgan fingerprint density at radius 3 is 2.21 bits per heavy atom. The van der Waals surface area contributed by atoms with Crippen molar-refractivity contribution >= 4 is 11.8 Å². The van der Waals surface area contributed by atoms with Crippen molar-refractivity contribution in [2.75, 3.05) is 6.61 Å². The first-order valence-electron chi connectivity index (χ1n) is 6.61. The number of rotatable bonds is 4. The Bertz CT molecular complexity index is 524. The van der Waals surface area contributed by atoms with Crippen LogP contribution in [0, 0.1) is 6.92 Å². The van der Waals surface area contributed by atoms with Gasteiger partial charge in [-0.2, -0.15) is 0 Å². The van der Waals surface area contributed by atoms with Crippen LogP contribution in [0.4, 0.5) is 0 Å². The minimum absolute atomic E-state index is 0.204. The van der Waals surface area contributed by atoms with Crippen molar-refractivity contribution in [3.63, 3.8) is 0 Å². The van der Waals surface area contributed by atoms with Crippen molar-refractivity contribution in [2.24, 2.45) is 0 Å². The lowest BCUT2D eigenvalue weighted by atomic mass is 9.91. The molecule has 1 N–H and O–H groups in total. The lowest BCUT2D eigenvalue weighted by Crippen LogP contribution is -2.53. The highest BCUT2D eigenvalue weighted by Crippen LogP contribution is 2.33. The molecule has 0 aromatic heterocycles. The fraction of sp³-hybridized carbons (Fsp3) is 0.467. The van der Waals surface area contributed by atoms with E-state index in [0.717, 1.165) is 5.56 Å². The summed E-state index contributed by atoms with van der Waals surface area (Å²) in [6.45, 7) is 5.45. The molecule has 0 saturated heterocycles. The Morgan fingerprint density at radius 2 is 1.68 bits per heavy atom. The maximum atomic E-state index is 12.5. The van der Waals surface area contributed by atoms with Gasteiger partial charge in [0.05, 0.1) is 23.3 Å². The zero-order valence-corrected chi connectivity index (χ0v) is 11.6. The van der Waals surface area contributed by atoms with Crippen LogP contribution in [0.3, 0.4) is 0 Å². The van der Waals surface area contributed by atoms with E-state index in [4.69, 9.17) is 0 Å². The Balaban J connectivity index is 2.53. The zero-order valence-electron chi connectivity index (χ0n) is 11.6. The molecule has 1 aromatic rings. The molecule has 0 atom stereocenters. The second kappa shape index (κ2) is 4.78. The topological polar surface area (TPSA) is 57.6 Å². The van der Waals surface area contributed by atoms with E-state index >= 15 is 0 Å². The number of benzene rings is 1. The van der Waals surface area contributed by atoms with Crippen LogP contribution in [0.15, 0.2) is 18.2 Å². The molecule has 1 heterocycles. The molecule has 4 heteroatoms. The molecule has 2 rings (SSSR count). The molecule has 1 aliphatic heterocycles. The first kappa shape index (κ1) is 13.7. The number of amides is 2. The predicted molar refractivity (Wildman–Crippen MR) is 72.1 cm³/mol. The van der Waals surface area contributed by atoms with Crippen molar-refractivity contribution in [1.29, 1.82) is 0 Å². The second-order valence-electron chi connectivity index (χ2n) is 5.08. The number of aliphatic hydroxyl groups excluding tert-OH is 1. The van der Waals surface area contributed by atoms with Gasteiger partial charge in [-0.3, -0.25) is 14.5 Å². The van der Waals surface area contributed by atoms with E-state index in [9.17, 15) is 14.7 Å². The van der Waals surface area contributed by atoms with Crippen LogP contribution >= 0.6 is 0 Å². The number of nitrogens with zero attached hydrogens (tertiary/aromatic N) is 1. The van der Waals surface area contributed by atoms with Gasteiger partial charge in [-0.1, -0.05) is 25.5 Å². The molecular formula is C15H19NO3. The van der Waals surface area contributed by atoms with Gasteiger partial charge in [-0.15, -0.1) is 0 Å². The molecule has 0 spiro atoms. The molecule has 102 valence electrons. The van der Waals surface area contributed by atoms with Gasteiger partial charge in [0.1, 0.15) is 0 Å². The average molecular weight is 261 g/mol. The molecule has 1 aromatic carbocycles. The van der Waals surface area contributed by atoms with Crippen LogP contribution in [0.2, 0.25) is 0 Å². The van der Waals surface area contributed by atoms with E-state index in [1.54, 1.807) is 12.1 Å². The van der Waals surface area contributed by atoms with Crippen molar-refractivity contribution in [3.8, 4) is 0 Å². The summed E-state index contributed by atoms with van der Waals surface area (Å²) in [5, 5.41) is 9.66. The fourth-order valence-corrected chi connectivity index (χ4v) is 2.65. The third-order valence-electron chi connectivity index (χ3n) is 4.13. The minimum Gasteiger partial charge on any atom is -0.394 e. The summed E-state index contributed by atoms with van der Waals surface area (Å²) in [5.41, 5.74) is 1.05. The van der Waals surface area contributed by atoms with Gasteiger partial charge in [-0.05, 0) is 31.9 Å². The van der Waals surface area contributed by atoms with Gasteiger partial charge >= 0.3 is 0 Å². The summed E-state index contributed by atoms with van der Waals surface area (Å²) >= 11 is 0. The molecule has 0 radical (unpaired) electrons. The molecule has 4 nitrogen and oxygen atoms in total. The van der Waals surface area contributed by atoms with Crippen molar-refractivity contribution in [3.05, 3.63) is 34.9 Å². The summed E-state index contributed by atoms with van der Waals surface area (Å²) in [4.78, 5) is 26.2. The number of fused-ring (bicyclic) bond motifs is 1. The molecule has 19 heavy (non-hydrogen) atoms. The number of carbonyl (C=O) groups excluding carboxylic acids is 2. The Kier molecular flexibility index (Phi) is 3.45. The highest BCUT2D eigenvalue weighted by Gasteiger charge is 2.46. The van der Waals surface area contributed by atoms with Crippen molar-refractivity contribution in [2.45, 2.75) is 39.2 Å². The molecular weight excluding hydrogens is 242 g/mol. The third kappa shape index (κ3) is 1.87. The van der Waals surface area contributed by atoms with Gasteiger partial charge in [0.15, 0.2) is 0 Å². The molecule has 0 unspecified atom stereocenters. The van der Waals surface area contributed by atoms with Crippen molar-refractivity contribution in [1.82, 2.24) is 4.90 Å².